The summed E-state index contributed by atoms with van der Waals surface area (Å²) < 4.78 is 5.27. The largest absolute Gasteiger partial charge is 0.404 e. The van der Waals surface area contributed by atoms with Crippen molar-refractivity contribution in [3.05, 3.63) is 57.9 Å². The Hall–Kier alpha value is -2.41. The molecule has 0 saturated carbocycles. The molecule has 0 aliphatic heterocycles. The van der Waals surface area contributed by atoms with Crippen molar-refractivity contribution in [1.29, 1.82) is 0 Å². The van der Waals surface area contributed by atoms with Gasteiger partial charge in [-0.25, -0.2) is 4.98 Å². The molecular formula is C17H10Cl2N4OS. The Kier molecular flexibility index (Phi) is 4.17. The Morgan fingerprint density at radius 1 is 1.00 bits per heavy atom. The molecule has 2 aromatic carbocycles. The molecule has 0 saturated heterocycles. The Morgan fingerprint density at radius 2 is 1.84 bits per heavy atom. The molecule has 25 heavy (non-hydrogen) atoms. The molecule has 0 spiro atoms. The molecule has 0 unspecified atom stereocenters. The number of hydrogen-bond donors (Lipinski definition) is 1. The minimum absolute atomic E-state index is 0.0348. The monoisotopic (exact) mass is 388 g/mol. The van der Waals surface area contributed by atoms with Gasteiger partial charge in [0.05, 0.1) is 10.7 Å². The van der Waals surface area contributed by atoms with E-state index in [1.807, 2.05) is 29.6 Å². The Morgan fingerprint density at radius 3 is 2.64 bits per heavy atom. The molecule has 4 aromatic rings. The first-order valence-corrected chi connectivity index (χ1v) is 8.84. The van der Waals surface area contributed by atoms with Gasteiger partial charge < -0.3 is 10.2 Å². The van der Waals surface area contributed by atoms with E-state index in [-0.39, 0.29) is 6.01 Å². The lowest BCUT2D eigenvalue weighted by Crippen LogP contribution is -1.83. The summed E-state index contributed by atoms with van der Waals surface area (Å²) in [4.78, 5) is 4.68. The highest BCUT2D eigenvalue weighted by molar-refractivity contribution is 7.13. The van der Waals surface area contributed by atoms with Gasteiger partial charge in [0, 0.05) is 27.1 Å². The van der Waals surface area contributed by atoms with Gasteiger partial charge in [-0.05, 0) is 30.3 Å². The maximum Gasteiger partial charge on any atom is 0.313 e. The lowest BCUT2D eigenvalue weighted by molar-refractivity contribution is 0.590. The van der Waals surface area contributed by atoms with E-state index >= 15 is 0 Å². The number of halogens is 2. The van der Waals surface area contributed by atoms with Gasteiger partial charge in [-0.2, -0.15) is 0 Å². The van der Waals surface area contributed by atoms with Crippen molar-refractivity contribution in [2.24, 2.45) is 0 Å². The Labute approximate surface area is 157 Å². The molecule has 2 aromatic heterocycles. The van der Waals surface area contributed by atoms with Gasteiger partial charge in [0.15, 0.2) is 0 Å². The number of nitrogens with two attached hydrogens (primary N) is 1. The zero-order valence-corrected chi connectivity index (χ0v) is 14.9. The molecular weight excluding hydrogens is 379 g/mol. The first-order valence-electron chi connectivity index (χ1n) is 7.21. The van der Waals surface area contributed by atoms with Crippen LogP contribution in [0, 0.1) is 0 Å². The second-order valence-electron chi connectivity index (χ2n) is 5.19. The van der Waals surface area contributed by atoms with E-state index in [1.165, 1.54) is 11.3 Å². The summed E-state index contributed by atoms with van der Waals surface area (Å²) >= 11 is 13.8. The van der Waals surface area contributed by atoms with Crippen molar-refractivity contribution in [3.8, 4) is 33.3 Å². The quantitative estimate of drug-likeness (QED) is 0.507. The first kappa shape index (κ1) is 16.1. The summed E-state index contributed by atoms with van der Waals surface area (Å²) in [7, 11) is 0. The third kappa shape index (κ3) is 3.24. The van der Waals surface area contributed by atoms with Gasteiger partial charge >= 0.3 is 6.01 Å². The van der Waals surface area contributed by atoms with E-state index in [0.717, 1.165) is 27.4 Å². The number of rotatable bonds is 3. The van der Waals surface area contributed by atoms with E-state index in [0.29, 0.717) is 15.9 Å². The van der Waals surface area contributed by atoms with E-state index in [1.54, 1.807) is 18.2 Å². The summed E-state index contributed by atoms with van der Waals surface area (Å²) in [6.45, 7) is 0. The van der Waals surface area contributed by atoms with Crippen molar-refractivity contribution >= 4 is 40.6 Å². The number of hydrogen-bond acceptors (Lipinski definition) is 6. The molecule has 2 N–H and O–H groups in total. The van der Waals surface area contributed by atoms with Gasteiger partial charge in [0.2, 0.25) is 5.89 Å². The van der Waals surface area contributed by atoms with Crippen LogP contribution in [0.25, 0.3) is 33.3 Å². The van der Waals surface area contributed by atoms with E-state index in [2.05, 4.69) is 15.2 Å². The van der Waals surface area contributed by atoms with Gasteiger partial charge in [-0.15, -0.1) is 16.4 Å². The standard InChI is InChI=1S/C17H10Cl2N4OS/c18-11-4-5-13(19)12(7-11)14-8-25-16(21-14)10-3-1-2-9(6-10)15-22-23-17(20)24-15/h1-8H,(H2,20,23). The average molecular weight is 389 g/mol. The molecule has 8 heteroatoms. The van der Waals surface area contributed by atoms with Crippen LogP contribution >= 0.6 is 34.5 Å². The summed E-state index contributed by atoms with van der Waals surface area (Å²) in [5, 5.41) is 11.6. The number of nitrogen functional groups attached to an aromatic ring is 1. The average Bonchev–Trinajstić information content (AvgIpc) is 3.26. The number of aromatic nitrogens is 3. The highest BCUT2D eigenvalue weighted by atomic mass is 35.5. The number of benzene rings is 2. The molecule has 0 radical (unpaired) electrons. The van der Waals surface area contributed by atoms with E-state index in [9.17, 15) is 0 Å². The van der Waals surface area contributed by atoms with Crippen molar-refractivity contribution in [3.63, 3.8) is 0 Å². The number of nitrogens with zero attached hydrogens (tertiary/aromatic N) is 3. The van der Waals surface area contributed by atoms with Crippen LogP contribution in [-0.4, -0.2) is 15.2 Å². The fourth-order valence-corrected chi connectivity index (χ4v) is 3.56. The SMILES string of the molecule is Nc1nnc(-c2cccc(-c3nc(-c4cc(Cl)ccc4Cl)cs3)c2)o1. The number of anilines is 1. The summed E-state index contributed by atoms with van der Waals surface area (Å²) in [6.07, 6.45) is 0. The third-order valence-electron chi connectivity index (χ3n) is 3.51. The molecule has 2 heterocycles. The molecule has 0 amide bonds. The zero-order chi connectivity index (χ0) is 17.4. The fourth-order valence-electron chi connectivity index (χ4n) is 2.36. The van der Waals surface area contributed by atoms with Gasteiger partial charge in [0.25, 0.3) is 0 Å². The van der Waals surface area contributed by atoms with Gasteiger partial charge in [0.1, 0.15) is 5.01 Å². The van der Waals surface area contributed by atoms with Crippen LogP contribution in [0.5, 0.6) is 0 Å². The summed E-state index contributed by atoms with van der Waals surface area (Å²) in [5.74, 6) is 0.369. The molecule has 0 fully saturated rings. The van der Waals surface area contributed by atoms with Crippen LogP contribution in [0.4, 0.5) is 6.01 Å². The predicted octanol–water partition coefficient (Wildman–Crippen LogP) is 5.42. The van der Waals surface area contributed by atoms with E-state index < -0.39 is 0 Å². The van der Waals surface area contributed by atoms with Crippen LogP contribution in [0.2, 0.25) is 10.0 Å². The lowest BCUT2D eigenvalue weighted by atomic mass is 10.1. The summed E-state index contributed by atoms with van der Waals surface area (Å²) in [6, 6.07) is 13.0. The number of thiazole rings is 1. The first-order chi connectivity index (χ1) is 12.1. The van der Waals surface area contributed by atoms with Gasteiger partial charge in [-0.3, -0.25) is 0 Å². The maximum absolute atomic E-state index is 6.26. The molecule has 0 aliphatic rings. The predicted molar refractivity (Wildman–Crippen MR) is 101 cm³/mol. The second kappa shape index (κ2) is 6.48. The molecule has 0 aliphatic carbocycles. The van der Waals surface area contributed by atoms with Crippen molar-refractivity contribution in [2.75, 3.05) is 5.73 Å². The van der Waals surface area contributed by atoms with Crippen molar-refractivity contribution in [2.45, 2.75) is 0 Å². The van der Waals surface area contributed by atoms with E-state index in [4.69, 9.17) is 33.4 Å². The maximum atomic E-state index is 6.26. The molecule has 0 atom stereocenters. The highest BCUT2D eigenvalue weighted by Gasteiger charge is 2.12. The molecule has 0 bridgehead atoms. The molecule has 5 nitrogen and oxygen atoms in total. The Bertz CT molecular complexity index is 1060. The van der Waals surface area contributed by atoms with Crippen molar-refractivity contribution in [1.82, 2.24) is 15.2 Å². The third-order valence-corrected chi connectivity index (χ3v) is 4.96. The topological polar surface area (TPSA) is 77.8 Å². The van der Waals surface area contributed by atoms with Crippen LogP contribution in [0.1, 0.15) is 0 Å². The van der Waals surface area contributed by atoms with Crippen molar-refractivity contribution < 1.29 is 4.42 Å². The van der Waals surface area contributed by atoms with Crippen LogP contribution in [0.15, 0.2) is 52.3 Å². The van der Waals surface area contributed by atoms with Crippen LogP contribution in [0.3, 0.4) is 0 Å². The Balaban J connectivity index is 1.72. The minimum Gasteiger partial charge on any atom is -0.404 e. The highest BCUT2D eigenvalue weighted by Crippen LogP contribution is 2.35. The molecule has 4 rings (SSSR count). The van der Waals surface area contributed by atoms with Gasteiger partial charge in [-0.1, -0.05) is 40.4 Å². The normalized spacial score (nSPS) is 11.0. The fraction of sp³-hybridized carbons (Fsp3) is 0. The van der Waals surface area contributed by atoms with Crippen LogP contribution < -0.4 is 5.73 Å². The second-order valence-corrected chi connectivity index (χ2v) is 6.89. The van der Waals surface area contributed by atoms with Crippen LogP contribution in [-0.2, 0) is 0 Å². The summed E-state index contributed by atoms with van der Waals surface area (Å²) in [5.41, 5.74) is 8.78. The smallest absolute Gasteiger partial charge is 0.313 e. The zero-order valence-electron chi connectivity index (χ0n) is 12.6. The minimum atomic E-state index is 0.0348. The lowest BCUT2D eigenvalue weighted by Gasteiger charge is -2.02. The molecule has 124 valence electrons.